The Morgan fingerprint density at radius 3 is 2.10 bits per heavy atom. The first-order valence-corrected chi connectivity index (χ1v) is 7.17. The molecule has 0 aliphatic rings. The lowest BCUT2D eigenvalue weighted by Crippen LogP contribution is -2.07. The highest BCUT2D eigenvalue weighted by Gasteiger charge is 2.04. The highest BCUT2D eigenvalue weighted by molar-refractivity contribution is 5.87. The van der Waals surface area contributed by atoms with Gasteiger partial charge in [0.1, 0.15) is 0 Å². The summed E-state index contributed by atoms with van der Waals surface area (Å²) < 4.78 is 9.44. The Labute approximate surface area is 122 Å². The molecule has 0 aromatic carbocycles. The Bertz CT molecular complexity index is 295. The van der Waals surface area contributed by atoms with Crippen molar-refractivity contribution in [1.29, 1.82) is 0 Å². The summed E-state index contributed by atoms with van der Waals surface area (Å²) in [5, 5.41) is 0. The molecule has 0 fully saturated rings. The van der Waals surface area contributed by atoms with Gasteiger partial charge in [0.05, 0.1) is 13.2 Å². The standard InChI is InChI=1S/C11H20O2.C5H8O2/c1-4-6-7-8-9-13-11(12)10(3)5-2;1-3-5(6)7-4-2/h3-9H2,1-2H3;3H,1,4H2,2H3. The van der Waals surface area contributed by atoms with Crippen molar-refractivity contribution >= 4 is 11.9 Å². The van der Waals surface area contributed by atoms with Gasteiger partial charge in [0, 0.05) is 11.6 Å². The number of esters is 2. The van der Waals surface area contributed by atoms with Gasteiger partial charge in [-0.3, -0.25) is 0 Å². The zero-order chi connectivity index (χ0) is 15.8. The molecule has 0 rings (SSSR count). The number of ether oxygens (including phenoxy) is 2. The van der Waals surface area contributed by atoms with Crippen LogP contribution in [0, 0.1) is 0 Å². The fourth-order valence-electron chi connectivity index (χ4n) is 1.14. The van der Waals surface area contributed by atoms with E-state index in [1.165, 1.54) is 12.8 Å². The Morgan fingerprint density at radius 1 is 1.05 bits per heavy atom. The van der Waals surface area contributed by atoms with Gasteiger partial charge in [-0.25, -0.2) is 9.59 Å². The highest BCUT2D eigenvalue weighted by Crippen LogP contribution is 2.03. The molecule has 4 heteroatoms. The number of rotatable bonds is 9. The minimum absolute atomic E-state index is 0.237. The molecule has 0 aromatic rings. The van der Waals surface area contributed by atoms with Crippen molar-refractivity contribution in [3.8, 4) is 0 Å². The van der Waals surface area contributed by atoms with Crippen LogP contribution in [-0.2, 0) is 19.1 Å². The monoisotopic (exact) mass is 284 g/mol. The Balaban J connectivity index is 0. The van der Waals surface area contributed by atoms with Crippen LogP contribution >= 0.6 is 0 Å². The van der Waals surface area contributed by atoms with Crippen molar-refractivity contribution in [3.05, 3.63) is 24.8 Å². The molecule has 0 aromatic heterocycles. The molecular weight excluding hydrogens is 256 g/mol. The minimum atomic E-state index is -0.359. The van der Waals surface area contributed by atoms with E-state index >= 15 is 0 Å². The van der Waals surface area contributed by atoms with E-state index in [2.05, 4.69) is 24.8 Å². The van der Waals surface area contributed by atoms with Crippen molar-refractivity contribution in [2.75, 3.05) is 13.2 Å². The Hall–Kier alpha value is -1.58. The van der Waals surface area contributed by atoms with Gasteiger partial charge in [0.15, 0.2) is 0 Å². The minimum Gasteiger partial charge on any atom is -0.463 e. The van der Waals surface area contributed by atoms with Gasteiger partial charge >= 0.3 is 11.9 Å². The zero-order valence-corrected chi connectivity index (χ0v) is 13.1. The van der Waals surface area contributed by atoms with Gasteiger partial charge in [0.2, 0.25) is 0 Å². The topological polar surface area (TPSA) is 52.6 Å². The first-order valence-electron chi connectivity index (χ1n) is 7.17. The molecule has 0 atom stereocenters. The first kappa shape index (κ1) is 20.7. The molecule has 0 saturated heterocycles. The SMILES string of the molecule is C=C(CC)C(=O)OCCCCCC.C=CC(=O)OCC. The molecule has 20 heavy (non-hydrogen) atoms. The second-order valence-corrected chi connectivity index (χ2v) is 4.11. The lowest BCUT2D eigenvalue weighted by atomic mass is 10.2. The lowest BCUT2D eigenvalue weighted by Gasteiger charge is -2.04. The highest BCUT2D eigenvalue weighted by atomic mass is 16.5. The summed E-state index contributed by atoms with van der Waals surface area (Å²) in [5.41, 5.74) is 0.565. The number of hydrogen-bond acceptors (Lipinski definition) is 4. The van der Waals surface area contributed by atoms with Crippen molar-refractivity contribution in [2.45, 2.75) is 52.9 Å². The summed E-state index contributed by atoms with van der Waals surface area (Å²) >= 11 is 0. The van der Waals surface area contributed by atoms with E-state index in [1.54, 1.807) is 6.92 Å². The summed E-state index contributed by atoms with van der Waals surface area (Å²) in [5.74, 6) is -0.596. The molecule has 0 aliphatic carbocycles. The molecule has 0 bridgehead atoms. The van der Waals surface area contributed by atoms with E-state index in [0.29, 0.717) is 25.2 Å². The van der Waals surface area contributed by atoms with Gasteiger partial charge in [0.25, 0.3) is 0 Å². The Kier molecular flexibility index (Phi) is 16.0. The predicted molar refractivity (Wildman–Crippen MR) is 81.4 cm³/mol. The van der Waals surface area contributed by atoms with Gasteiger partial charge < -0.3 is 9.47 Å². The van der Waals surface area contributed by atoms with E-state index in [0.717, 1.165) is 18.9 Å². The quantitative estimate of drug-likeness (QED) is 0.367. The van der Waals surface area contributed by atoms with Gasteiger partial charge in [-0.1, -0.05) is 46.3 Å². The molecule has 0 radical (unpaired) electrons. The summed E-state index contributed by atoms with van der Waals surface area (Å²) in [4.78, 5) is 21.2. The number of carbonyl (C=O) groups is 2. The van der Waals surface area contributed by atoms with E-state index in [9.17, 15) is 9.59 Å². The lowest BCUT2D eigenvalue weighted by molar-refractivity contribution is -0.139. The molecule has 0 amide bonds. The van der Waals surface area contributed by atoms with Crippen LogP contribution in [0.4, 0.5) is 0 Å². The molecule has 0 N–H and O–H groups in total. The molecule has 0 unspecified atom stereocenters. The van der Waals surface area contributed by atoms with Gasteiger partial charge in [-0.2, -0.15) is 0 Å². The summed E-state index contributed by atoms with van der Waals surface area (Å²) in [6, 6.07) is 0. The van der Waals surface area contributed by atoms with Crippen LogP contribution in [-0.4, -0.2) is 25.2 Å². The van der Waals surface area contributed by atoms with Crippen molar-refractivity contribution < 1.29 is 19.1 Å². The van der Waals surface area contributed by atoms with E-state index in [-0.39, 0.29) is 11.9 Å². The maximum absolute atomic E-state index is 11.1. The average molecular weight is 284 g/mol. The van der Waals surface area contributed by atoms with Crippen LogP contribution in [0.25, 0.3) is 0 Å². The van der Waals surface area contributed by atoms with Crippen LogP contribution in [0.15, 0.2) is 24.8 Å². The largest absolute Gasteiger partial charge is 0.463 e. The second-order valence-electron chi connectivity index (χ2n) is 4.11. The normalized spacial score (nSPS) is 8.95. The molecule has 0 aliphatic heterocycles. The summed E-state index contributed by atoms with van der Waals surface area (Å²) in [7, 11) is 0. The molecule has 0 heterocycles. The van der Waals surface area contributed by atoms with Crippen molar-refractivity contribution in [2.24, 2.45) is 0 Å². The second kappa shape index (κ2) is 15.5. The summed E-state index contributed by atoms with van der Waals surface area (Å²) in [6.45, 7) is 13.6. The third-order valence-electron chi connectivity index (χ3n) is 2.40. The molecular formula is C16H28O4. The fourth-order valence-corrected chi connectivity index (χ4v) is 1.14. The van der Waals surface area contributed by atoms with Crippen LogP contribution in [0.5, 0.6) is 0 Å². The van der Waals surface area contributed by atoms with Crippen LogP contribution in [0.1, 0.15) is 52.9 Å². The zero-order valence-electron chi connectivity index (χ0n) is 13.1. The maximum Gasteiger partial charge on any atom is 0.333 e. The molecule has 0 spiro atoms. The van der Waals surface area contributed by atoms with Crippen LogP contribution in [0.2, 0.25) is 0 Å². The van der Waals surface area contributed by atoms with E-state index in [1.807, 2.05) is 6.92 Å². The van der Waals surface area contributed by atoms with Crippen molar-refractivity contribution in [1.82, 2.24) is 0 Å². The number of hydrogen-bond donors (Lipinski definition) is 0. The third-order valence-corrected chi connectivity index (χ3v) is 2.40. The fraction of sp³-hybridized carbons (Fsp3) is 0.625. The van der Waals surface area contributed by atoms with Crippen molar-refractivity contribution in [3.63, 3.8) is 0 Å². The maximum atomic E-state index is 11.1. The average Bonchev–Trinajstić information content (AvgIpc) is 2.46. The predicted octanol–water partition coefficient (Wildman–Crippen LogP) is 3.81. The van der Waals surface area contributed by atoms with Gasteiger partial charge in [-0.05, 0) is 19.8 Å². The first-order chi connectivity index (χ1) is 9.53. The molecule has 4 nitrogen and oxygen atoms in total. The number of carbonyl (C=O) groups excluding carboxylic acids is 2. The number of unbranched alkanes of at least 4 members (excludes halogenated alkanes) is 3. The third kappa shape index (κ3) is 14.5. The Morgan fingerprint density at radius 2 is 1.70 bits per heavy atom. The van der Waals surface area contributed by atoms with Crippen LogP contribution < -0.4 is 0 Å². The molecule has 116 valence electrons. The van der Waals surface area contributed by atoms with Gasteiger partial charge in [-0.15, -0.1) is 0 Å². The smallest absolute Gasteiger partial charge is 0.333 e. The van der Waals surface area contributed by atoms with Crippen LogP contribution in [0.3, 0.4) is 0 Å². The van der Waals surface area contributed by atoms with E-state index in [4.69, 9.17) is 4.74 Å². The van der Waals surface area contributed by atoms with E-state index < -0.39 is 0 Å². The summed E-state index contributed by atoms with van der Waals surface area (Å²) in [6.07, 6.45) is 6.35. The molecule has 0 saturated carbocycles.